The van der Waals surface area contributed by atoms with Crippen LogP contribution in [0.15, 0.2) is 0 Å². The standard InChI is InChI=1S/C10H22N2/c1-5-6-12-8-9(2)11(4)7-10(12)3/h9-10H,5-8H2,1-4H3. The molecule has 72 valence electrons. The third-order valence-electron chi connectivity index (χ3n) is 2.94. The maximum Gasteiger partial charge on any atom is 0.0195 e. The van der Waals surface area contributed by atoms with E-state index in [9.17, 15) is 0 Å². The summed E-state index contributed by atoms with van der Waals surface area (Å²) >= 11 is 0. The minimum atomic E-state index is 0.729. The summed E-state index contributed by atoms with van der Waals surface area (Å²) in [4.78, 5) is 5.06. The lowest BCUT2D eigenvalue weighted by molar-refractivity contribution is 0.0603. The van der Waals surface area contributed by atoms with E-state index in [2.05, 4.69) is 37.6 Å². The Hall–Kier alpha value is -0.0800. The Morgan fingerprint density at radius 1 is 1.17 bits per heavy atom. The number of nitrogens with zero attached hydrogens (tertiary/aromatic N) is 2. The van der Waals surface area contributed by atoms with Gasteiger partial charge < -0.3 is 4.90 Å². The third-order valence-corrected chi connectivity index (χ3v) is 2.94. The van der Waals surface area contributed by atoms with Crippen molar-refractivity contribution in [3.8, 4) is 0 Å². The Balaban J connectivity index is 2.43. The molecule has 1 heterocycles. The van der Waals surface area contributed by atoms with E-state index < -0.39 is 0 Å². The Morgan fingerprint density at radius 3 is 2.42 bits per heavy atom. The SMILES string of the molecule is CCCN1CC(C)N(C)CC1C. The zero-order valence-corrected chi connectivity index (χ0v) is 8.88. The van der Waals surface area contributed by atoms with Gasteiger partial charge in [-0.05, 0) is 33.9 Å². The number of hydrogen-bond donors (Lipinski definition) is 0. The van der Waals surface area contributed by atoms with Crippen LogP contribution in [0.1, 0.15) is 27.2 Å². The third kappa shape index (κ3) is 2.20. The van der Waals surface area contributed by atoms with Gasteiger partial charge in [0.05, 0.1) is 0 Å². The Kier molecular flexibility index (Phi) is 3.53. The van der Waals surface area contributed by atoms with Crippen LogP contribution in [0.25, 0.3) is 0 Å². The molecule has 1 rings (SSSR count). The molecule has 2 unspecified atom stereocenters. The van der Waals surface area contributed by atoms with Crippen LogP contribution >= 0.6 is 0 Å². The van der Waals surface area contributed by atoms with Crippen molar-refractivity contribution in [2.75, 3.05) is 26.7 Å². The lowest BCUT2D eigenvalue weighted by Gasteiger charge is -2.42. The fourth-order valence-electron chi connectivity index (χ4n) is 1.97. The first kappa shape index (κ1) is 10.0. The molecule has 1 aliphatic heterocycles. The second kappa shape index (κ2) is 4.24. The van der Waals surface area contributed by atoms with Crippen LogP contribution in [0.4, 0.5) is 0 Å². The van der Waals surface area contributed by atoms with Gasteiger partial charge in [-0.25, -0.2) is 0 Å². The highest BCUT2D eigenvalue weighted by Gasteiger charge is 2.25. The molecule has 0 N–H and O–H groups in total. The average Bonchev–Trinajstić information content (AvgIpc) is 2.01. The van der Waals surface area contributed by atoms with E-state index in [1.165, 1.54) is 26.1 Å². The molecule has 1 aliphatic rings. The first-order valence-electron chi connectivity index (χ1n) is 5.09. The summed E-state index contributed by atoms with van der Waals surface area (Å²) in [6.45, 7) is 10.6. The summed E-state index contributed by atoms with van der Waals surface area (Å²) in [6.07, 6.45) is 1.28. The fourth-order valence-corrected chi connectivity index (χ4v) is 1.97. The van der Waals surface area contributed by atoms with Crippen molar-refractivity contribution in [2.45, 2.75) is 39.3 Å². The van der Waals surface area contributed by atoms with E-state index in [0.717, 1.165) is 12.1 Å². The molecule has 0 spiro atoms. The van der Waals surface area contributed by atoms with Gasteiger partial charge in [0, 0.05) is 25.2 Å². The lowest BCUT2D eigenvalue weighted by atomic mass is 10.1. The predicted molar refractivity (Wildman–Crippen MR) is 53.4 cm³/mol. The van der Waals surface area contributed by atoms with Crippen molar-refractivity contribution in [1.82, 2.24) is 9.80 Å². The van der Waals surface area contributed by atoms with E-state index in [1.807, 2.05) is 0 Å². The maximum absolute atomic E-state index is 2.60. The second-order valence-corrected chi connectivity index (χ2v) is 4.13. The average molecular weight is 170 g/mol. The highest BCUT2D eigenvalue weighted by atomic mass is 15.3. The van der Waals surface area contributed by atoms with E-state index in [-0.39, 0.29) is 0 Å². The zero-order valence-electron chi connectivity index (χ0n) is 8.88. The zero-order chi connectivity index (χ0) is 9.14. The van der Waals surface area contributed by atoms with E-state index in [1.54, 1.807) is 0 Å². The molecule has 0 aromatic heterocycles. The van der Waals surface area contributed by atoms with Gasteiger partial charge in [0.15, 0.2) is 0 Å². The van der Waals surface area contributed by atoms with Crippen LogP contribution in [-0.2, 0) is 0 Å². The van der Waals surface area contributed by atoms with Crippen molar-refractivity contribution in [1.29, 1.82) is 0 Å². The molecule has 2 heteroatoms. The fraction of sp³-hybridized carbons (Fsp3) is 1.00. The van der Waals surface area contributed by atoms with Crippen LogP contribution < -0.4 is 0 Å². The Labute approximate surface area is 76.5 Å². The monoisotopic (exact) mass is 170 g/mol. The second-order valence-electron chi connectivity index (χ2n) is 4.13. The van der Waals surface area contributed by atoms with E-state index >= 15 is 0 Å². The summed E-state index contributed by atoms with van der Waals surface area (Å²) in [5.41, 5.74) is 0. The number of hydrogen-bond acceptors (Lipinski definition) is 2. The molecule has 0 aromatic rings. The summed E-state index contributed by atoms with van der Waals surface area (Å²) in [7, 11) is 2.23. The van der Waals surface area contributed by atoms with Crippen molar-refractivity contribution in [3.05, 3.63) is 0 Å². The lowest BCUT2D eigenvalue weighted by Crippen LogP contribution is -2.54. The number of likely N-dealkylation sites (N-methyl/N-ethyl adjacent to an activating group) is 1. The van der Waals surface area contributed by atoms with Gasteiger partial charge in [-0.2, -0.15) is 0 Å². The molecular weight excluding hydrogens is 148 g/mol. The van der Waals surface area contributed by atoms with Crippen LogP contribution in [0.3, 0.4) is 0 Å². The summed E-state index contributed by atoms with van der Waals surface area (Å²) in [6, 6.07) is 1.47. The highest BCUT2D eigenvalue weighted by molar-refractivity contribution is 4.82. The Morgan fingerprint density at radius 2 is 1.83 bits per heavy atom. The summed E-state index contributed by atoms with van der Waals surface area (Å²) < 4.78 is 0. The predicted octanol–water partition coefficient (Wildman–Crippen LogP) is 1.42. The maximum atomic E-state index is 2.60. The number of piperazine rings is 1. The summed E-state index contributed by atoms with van der Waals surface area (Å²) in [5.74, 6) is 0. The minimum absolute atomic E-state index is 0.729. The molecular formula is C10H22N2. The number of rotatable bonds is 2. The van der Waals surface area contributed by atoms with Gasteiger partial charge in [0.1, 0.15) is 0 Å². The molecule has 0 aliphatic carbocycles. The van der Waals surface area contributed by atoms with E-state index in [4.69, 9.17) is 0 Å². The quantitative estimate of drug-likeness (QED) is 0.618. The van der Waals surface area contributed by atoms with E-state index in [0.29, 0.717) is 0 Å². The van der Waals surface area contributed by atoms with Crippen LogP contribution in [0.2, 0.25) is 0 Å². The molecule has 12 heavy (non-hydrogen) atoms. The molecule has 0 saturated carbocycles. The van der Waals surface area contributed by atoms with Gasteiger partial charge in [-0.3, -0.25) is 4.90 Å². The first-order chi connectivity index (χ1) is 5.65. The molecule has 2 atom stereocenters. The molecule has 0 radical (unpaired) electrons. The van der Waals surface area contributed by atoms with Gasteiger partial charge in [-0.15, -0.1) is 0 Å². The largest absolute Gasteiger partial charge is 0.301 e. The van der Waals surface area contributed by atoms with Crippen LogP contribution in [0, 0.1) is 0 Å². The van der Waals surface area contributed by atoms with Crippen molar-refractivity contribution in [2.24, 2.45) is 0 Å². The molecule has 0 bridgehead atoms. The molecule has 1 saturated heterocycles. The van der Waals surface area contributed by atoms with Crippen LogP contribution in [0.5, 0.6) is 0 Å². The van der Waals surface area contributed by atoms with Gasteiger partial charge in [-0.1, -0.05) is 6.92 Å². The first-order valence-corrected chi connectivity index (χ1v) is 5.09. The van der Waals surface area contributed by atoms with Gasteiger partial charge >= 0.3 is 0 Å². The minimum Gasteiger partial charge on any atom is -0.301 e. The smallest absolute Gasteiger partial charge is 0.0195 e. The van der Waals surface area contributed by atoms with Gasteiger partial charge in [0.25, 0.3) is 0 Å². The normalized spacial score (nSPS) is 34.0. The molecule has 2 nitrogen and oxygen atoms in total. The molecule has 1 fully saturated rings. The summed E-state index contributed by atoms with van der Waals surface area (Å²) in [5, 5.41) is 0. The van der Waals surface area contributed by atoms with Gasteiger partial charge in [0.2, 0.25) is 0 Å². The van der Waals surface area contributed by atoms with Crippen molar-refractivity contribution < 1.29 is 0 Å². The highest BCUT2D eigenvalue weighted by Crippen LogP contribution is 2.12. The van der Waals surface area contributed by atoms with Crippen LogP contribution in [-0.4, -0.2) is 48.6 Å². The molecule has 0 amide bonds. The topological polar surface area (TPSA) is 6.48 Å². The molecule has 0 aromatic carbocycles. The van der Waals surface area contributed by atoms with Crippen molar-refractivity contribution >= 4 is 0 Å². The Bertz CT molecular complexity index is 136. The van der Waals surface area contributed by atoms with Crippen molar-refractivity contribution in [3.63, 3.8) is 0 Å².